The van der Waals surface area contributed by atoms with Crippen LogP contribution < -0.4 is 13.9 Å². The van der Waals surface area contributed by atoms with Crippen LogP contribution in [0.3, 0.4) is 0 Å². The summed E-state index contributed by atoms with van der Waals surface area (Å²) in [5, 5.41) is 2.37. The molecule has 0 saturated carbocycles. The lowest BCUT2D eigenvalue weighted by Gasteiger charge is -2.41. The van der Waals surface area contributed by atoms with Gasteiger partial charge in [0.25, 0.3) is 0 Å². The molecule has 5 heteroatoms. The van der Waals surface area contributed by atoms with Crippen molar-refractivity contribution in [1.82, 2.24) is 18.7 Å². The molecular weight excluding hydrogens is 721 g/mol. The summed E-state index contributed by atoms with van der Waals surface area (Å²) in [6.45, 7) is 30.1. The van der Waals surface area contributed by atoms with Gasteiger partial charge in [0.15, 0.2) is 18.0 Å². The predicted molar refractivity (Wildman–Crippen MR) is 249 cm³/mol. The molecule has 302 valence electrons. The maximum absolute atomic E-state index is 7.03. The highest BCUT2D eigenvalue weighted by atomic mass is 16.5. The van der Waals surface area contributed by atoms with E-state index in [-0.39, 0.29) is 21.7 Å². The van der Waals surface area contributed by atoms with E-state index in [0.29, 0.717) is 9.18 Å². The van der Waals surface area contributed by atoms with Gasteiger partial charge in [-0.2, -0.15) is 9.18 Å². The van der Waals surface area contributed by atoms with Crippen molar-refractivity contribution >= 4 is 44.6 Å². The Morgan fingerprint density at radius 3 is 1.90 bits per heavy atom. The molecule has 1 fully saturated rings. The zero-order chi connectivity index (χ0) is 41.9. The second-order valence-electron chi connectivity index (χ2n) is 20.5. The number of nitrogens with zero attached hydrogens (tertiary/aromatic N) is 4. The van der Waals surface area contributed by atoms with Crippen LogP contribution in [0.15, 0.2) is 121 Å². The van der Waals surface area contributed by atoms with E-state index in [9.17, 15) is 0 Å². The van der Waals surface area contributed by atoms with Gasteiger partial charge in [-0.1, -0.05) is 119 Å². The third kappa shape index (κ3) is 5.98. The summed E-state index contributed by atoms with van der Waals surface area (Å²) in [5.41, 5.74) is 12.7. The Morgan fingerprint density at radius 1 is 0.525 bits per heavy atom. The first kappa shape index (κ1) is 39.2. The van der Waals surface area contributed by atoms with Gasteiger partial charge in [-0.05, 0) is 93.2 Å². The Kier molecular flexibility index (Phi) is 8.74. The van der Waals surface area contributed by atoms with Crippen molar-refractivity contribution in [3.63, 3.8) is 0 Å². The van der Waals surface area contributed by atoms with Gasteiger partial charge in [-0.25, -0.2) is 4.98 Å². The highest BCUT2D eigenvalue weighted by Gasteiger charge is 2.78. The largest absolute Gasteiger partial charge is 0.457 e. The van der Waals surface area contributed by atoms with E-state index in [4.69, 9.17) is 9.72 Å². The molecule has 1 saturated heterocycles. The van der Waals surface area contributed by atoms with Crippen LogP contribution in [0.1, 0.15) is 118 Å². The van der Waals surface area contributed by atoms with Crippen molar-refractivity contribution in [3.05, 3.63) is 150 Å². The molecular formula is C54H61N4O+. The molecule has 1 unspecified atom stereocenters. The quantitative estimate of drug-likeness (QED) is 0.0872. The van der Waals surface area contributed by atoms with Gasteiger partial charge < -0.3 is 4.74 Å². The van der Waals surface area contributed by atoms with Crippen molar-refractivity contribution in [2.75, 3.05) is 0 Å². The average molecular weight is 782 g/mol. The van der Waals surface area contributed by atoms with Gasteiger partial charge in [-0.3, -0.25) is 4.57 Å². The molecule has 0 N–H and O–H groups in total. The smallest absolute Gasteiger partial charge is 0.225 e. The van der Waals surface area contributed by atoms with E-state index in [1.54, 1.807) is 0 Å². The third-order valence-corrected chi connectivity index (χ3v) is 13.7. The molecule has 2 aliphatic heterocycles. The molecule has 0 bridgehead atoms. The van der Waals surface area contributed by atoms with Gasteiger partial charge in [0, 0.05) is 59.4 Å². The second-order valence-corrected chi connectivity index (χ2v) is 20.5. The molecule has 7 aromatic rings. The van der Waals surface area contributed by atoms with Crippen molar-refractivity contribution in [3.8, 4) is 17.3 Å². The van der Waals surface area contributed by atoms with Crippen molar-refractivity contribution in [1.29, 1.82) is 0 Å². The number of hydrogen-bond donors (Lipinski definition) is 0. The SMILES string of the molecule is CCC(C)(CC)c1ccc2c(c1)[N@@+]1(c3cccc(C(C)(C)C)c3)[CH-][N+]21c1cc(Oc2ccc3c4ccccc4n(-c4cc(C(C)(C)C)ccn4)c3c2)cc(C(C)(C)C)c1. The van der Waals surface area contributed by atoms with Gasteiger partial charge >= 0.3 is 0 Å². The molecule has 9 rings (SSSR count). The van der Waals surface area contributed by atoms with Crippen LogP contribution >= 0.6 is 0 Å². The monoisotopic (exact) mass is 781 g/mol. The van der Waals surface area contributed by atoms with Crippen molar-refractivity contribution in [2.24, 2.45) is 0 Å². The van der Waals surface area contributed by atoms with Gasteiger partial charge in [0.05, 0.1) is 11.0 Å². The number of hydrogen-bond acceptors (Lipinski definition) is 2. The topological polar surface area (TPSA) is 27.1 Å². The highest BCUT2D eigenvalue weighted by molar-refractivity contribution is 6.09. The first-order valence-electron chi connectivity index (χ1n) is 21.6. The fourth-order valence-electron chi connectivity index (χ4n) is 9.39. The molecule has 2 atom stereocenters. The minimum Gasteiger partial charge on any atom is -0.457 e. The van der Waals surface area contributed by atoms with E-state index in [2.05, 4.69) is 210 Å². The zero-order valence-corrected chi connectivity index (χ0v) is 37.2. The molecule has 0 aliphatic carbocycles. The number of aromatic nitrogens is 2. The second kappa shape index (κ2) is 13.1. The average Bonchev–Trinajstić information content (AvgIpc) is 3.70. The number of para-hydroxylation sites is 1. The van der Waals surface area contributed by atoms with Crippen LogP contribution in [0.2, 0.25) is 0 Å². The lowest BCUT2D eigenvalue weighted by molar-refractivity contribution is 0.411. The first-order valence-corrected chi connectivity index (χ1v) is 21.6. The van der Waals surface area contributed by atoms with Crippen LogP contribution in [0.25, 0.3) is 27.6 Å². The summed E-state index contributed by atoms with van der Waals surface area (Å²) >= 11 is 0. The van der Waals surface area contributed by atoms with Crippen LogP contribution in [-0.4, -0.2) is 9.55 Å². The number of quaternary nitrogens is 2. The number of pyridine rings is 1. The summed E-state index contributed by atoms with van der Waals surface area (Å²) in [4.78, 5) is 4.92. The van der Waals surface area contributed by atoms with E-state index in [1.165, 1.54) is 55.8 Å². The summed E-state index contributed by atoms with van der Waals surface area (Å²) in [6, 6.07) is 43.0. The Morgan fingerprint density at radius 2 is 1.19 bits per heavy atom. The number of ether oxygens (including phenoxy) is 1. The van der Waals surface area contributed by atoms with E-state index in [0.717, 1.165) is 41.2 Å². The number of benzene rings is 5. The highest BCUT2D eigenvalue weighted by Crippen LogP contribution is 2.76. The standard InChI is InChI=1S/C54H61N4O/c1-13-54(12,14-2)38-22-25-48-49(31-38)57(40-19-17-18-36(28-40)51(3,4)5)35-58(48,57)41-29-39(53(9,10)11)30-43(33-41)59-42-23-24-45-44-20-15-16-21-46(44)56(47(45)34-42)50-32-37(26-27-55-50)52(6,7)8/h15-35H,13-14H2,1-12H3/q+1/t57-,58?/m0/s1. The normalized spacial score (nSPS) is 19.1. The Hall–Kier alpha value is -5.23. The first-order chi connectivity index (χ1) is 27.8. The van der Waals surface area contributed by atoms with Crippen LogP contribution in [-0.2, 0) is 21.7 Å². The maximum Gasteiger partial charge on any atom is 0.225 e. The van der Waals surface area contributed by atoms with E-state index >= 15 is 0 Å². The van der Waals surface area contributed by atoms with Crippen LogP contribution in [0.5, 0.6) is 11.5 Å². The summed E-state index contributed by atoms with van der Waals surface area (Å²) in [6.07, 6.45) is 4.14. The minimum atomic E-state index is -0.105. The molecule has 5 nitrogen and oxygen atoms in total. The fraction of sp³-hybridized carbons (Fsp3) is 0.333. The molecule has 4 heterocycles. The molecule has 0 radical (unpaired) electrons. The minimum absolute atomic E-state index is 0.00195. The summed E-state index contributed by atoms with van der Waals surface area (Å²) in [5.74, 6) is 2.55. The molecule has 5 aromatic carbocycles. The molecule has 2 aliphatic rings. The fourth-order valence-corrected chi connectivity index (χ4v) is 9.39. The third-order valence-electron chi connectivity index (χ3n) is 13.7. The van der Waals surface area contributed by atoms with Gasteiger partial charge in [-0.15, -0.1) is 0 Å². The Labute approximate surface area is 352 Å². The lowest BCUT2D eigenvalue weighted by Crippen LogP contribution is -2.47. The van der Waals surface area contributed by atoms with Crippen molar-refractivity contribution in [2.45, 2.75) is 118 Å². The molecule has 0 amide bonds. The van der Waals surface area contributed by atoms with E-state index < -0.39 is 0 Å². The predicted octanol–water partition coefficient (Wildman–Crippen LogP) is 15.3. The van der Waals surface area contributed by atoms with Gasteiger partial charge in [0.1, 0.15) is 17.3 Å². The van der Waals surface area contributed by atoms with E-state index in [1.807, 2.05) is 6.20 Å². The van der Waals surface area contributed by atoms with Crippen LogP contribution in [0, 0.1) is 6.67 Å². The maximum atomic E-state index is 7.03. The zero-order valence-electron chi connectivity index (χ0n) is 37.2. The lowest BCUT2D eigenvalue weighted by atomic mass is 9.77. The van der Waals surface area contributed by atoms with Gasteiger partial charge in [0.2, 0.25) is 11.4 Å². The Balaban J connectivity index is 1.20. The summed E-state index contributed by atoms with van der Waals surface area (Å²) < 4.78 is 10.6. The summed E-state index contributed by atoms with van der Waals surface area (Å²) in [7, 11) is 0. The molecule has 59 heavy (non-hydrogen) atoms. The van der Waals surface area contributed by atoms with Crippen LogP contribution in [0.4, 0.5) is 22.7 Å². The number of rotatable bonds is 8. The van der Waals surface area contributed by atoms with Crippen molar-refractivity contribution < 1.29 is 4.74 Å². The Bertz CT molecular complexity index is 2790. The number of fused-ring (bicyclic) bond motifs is 7. The molecule has 0 spiro atoms. The molecule has 2 aromatic heterocycles.